The molecule has 4 heteroatoms. The first-order chi connectivity index (χ1) is 13.6. The molecule has 0 heterocycles. The van der Waals surface area contributed by atoms with Crippen LogP contribution >= 0.6 is 0 Å². The summed E-state index contributed by atoms with van der Waals surface area (Å²) in [6, 6.07) is 11.9. The molecule has 0 radical (unpaired) electrons. The van der Waals surface area contributed by atoms with Gasteiger partial charge in [-0.2, -0.15) is 0 Å². The molecular formula is C24H35NO3. The van der Waals surface area contributed by atoms with Gasteiger partial charge in [-0.1, -0.05) is 64.3 Å². The van der Waals surface area contributed by atoms with E-state index in [2.05, 4.69) is 26.1 Å². The van der Waals surface area contributed by atoms with Crippen LogP contribution in [0, 0.1) is 0 Å². The van der Waals surface area contributed by atoms with Crippen LogP contribution in [0.5, 0.6) is 5.75 Å². The van der Waals surface area contributed by atoms with Crippen LogP contribution in [0.1, 0.15) is 66.2 Å². The van der Waals surface area contributed by atoms with Crippen molar-refractivity contribution in [2.75, 3.05) is 18.5 Å². The summed E-state index contributed by atoms with van der Waals surface area (Å²) in [5.74, 6) is 0.775. The zero-order valence-corrected chi connectivity index (χ0v) is 17.8. The van der Waals surface area contributed by atoms with Gasteiger partial charge in [-0.15, -0.1) is 0 Å². The standard InChI is InChI=1S/C24H35NO3/c1-5-8-16-24(4,28-17-7-3)23(26)25-21-14-15-22(27-18-9-6-2)20-13-11-10-12-19(20)21/h10-15H,5-9,16-18H2,1-4H3,(H,25,26)/t24-/m1/s1. The smallest absolute Gasteiger partial charge is 0.256 e. The topological polar surface area (TPSA) is 47.6 Å². The average molecular weight is 386 g/mol. The fraction of sp³-hybridized carbons (Fsp3) is 0.542. The van der Waals surface area contributed by atoms with Crippen LogP contribution in [0.15, 0.2) is 36.4 Å². The van der Waals surface area contributed by atoms with E-state index in [1.54, 1.807) is 0 Å². The highest BCUT2D eigenvalue weighted by atomic mass is 16.5. The summed E-state index contributed by atoms with van der Waals surface area (Å²) in [7, 11) is 0. The molecule has 2 aromatic rings. The van der Waals surface area contributed by atoms with Crippen LogP contribution in [-0.4, -0.2) is 24.7 Å². The Bertz CT molecular complexity index is 749. The predicted molar refractivity (Wildman–Crippen MR) is 117 cm³/mol. The van der Waals surface area contributed by atoms with Crippen LogP contribution in [0.4, 0.5) is 5.69 Å². The lowest BCUT2D eigenvalue weighted by molar-refractivity contribution is -0.140. The molecule has 0 aliphatic rings. The van der Waals surface area contributed by atoms with Crippen molar-refractivity contribution in [3.05, 3.63) is 36.4 Å². The molecule has 0 aromatic heterocycles. The van der Waals surface area contributed by atoms with Crippen LogP contribution in [0.3, 0.4) is 0 Å². The van der Waals surface area contributed by atoms with Crippen LogP contribution in [0.2, 0.25) is 0 Å². The van der Waals surface area contributed by atoms with E-state index in [9.17, 15) is 4.79 Å². The second-order valence-corrected chi connectivity index (χ2v) is 7.50. The zero-order valence-electron chi connectivity index (χ0n) is 17.8. The summed E-state index contributed by atoms with van der Waals surface area (Å²) in [5, 5.41) is 5.12. The van der Waals surface area contributed by atoms with Crippen LogP contribution in [0.25, 0.3) is 10.8 Å². The molecule has 0 saturated carbocycles. The average Bonchev–Trinajstić information content (AvgIpc) is 2.72. The monoisotopic (exact) mass is 385 g/mol. The number of benzene rings is 2. The number of ether oxygens (including phenoxy) is 2. The highest BCUT2D eigenvalue weighted by Gasteiger charge is 2.33. The van der Waals surface area contributed by atoms with Crippen molar-refractivity contribution in [2.45, 2.75) is 71.8 Å². The van der Waals surface area contributed by atoms with Gasteiger partial charge in [0.1, 0.15) is 11.4 Å². The van der Waals surface area contributed by atoms with E-state index in [1.165, 1.54) is 0 Å². The summed E-state index contributed by atoms with van der Waals surface area (Å²) in [5.41, 5.74) is -0.0186. The molecule has 0 aliphatic carbocycles. The number of nitrogens with one attached hydrogen (secondary N) is 1. The predicted octanol–water partition coefficient (Wildman–Crippen LogP) is 6.33. The van der Waals surface area contributed by atoms with Gasteiger partial charge in [0.15, 0.2) is 0 Å². The van der Waals surface area contributed by atoms with Crippen molar-refractivity contribution in [1.29, 1.82) is 0 Å². The minimum atomic E-state index is -0.816. The van der Waals surface area contributed by atoms with Crippen LogP contribution in [-0.2, 0) is 9.53 Å². The second-order valence-electron chi connectivity index (χ2n) is 7.50. The quantitative estimate of drug-likeness (QED) is 0.434. The van der Waals surface area contributed by atoms with Crippen molar-refractivity contribution in [3.8, 4) is 5.75 Å². The van der Waals surface area contributed by atoms with E-state index in [4.69, 9.17) is 9.47 Å². The molecule has 2 aromatic carbocycles. The van der Waals surface area contributed by atoms with Gasteiger partial charge in [0, 0.05) is 23.1 Å². The molecule has 28 heavy (non-hydrogen) atoms. The third-order valence-corrected chi connectivity index (χ3v) is 5.00. The number of fused-ring (bicyclic) bond motifs is 1. The van der Waals surface area contributed by atoms with Gasteiger partial charge in [0.25, 0.3) is 5.91 Å². The minimum absolute atomic E-state index is 0.0841. The zero-order chi connectivity index (χ0) is 20.4. The molecule has 0 aliphatic heterocycles. The maximum Gasteiger partial charge on any atom is 0.256 e. The molecule has 1 N–H and O–H groups in total. The van der Waals surface area contributed by atoms with Gasteiger partial charge in [-0.25, -0.2) is 0 Å². The van der Waals surface area contributed by atoms with Crippen LogP contribution < -0.4 is 10.1 Å². The van der Waals surface area contributed by atoms with E-state index in [0.29, 0.717) is 19.6 Å². The summed E-state index contributed by atoms with van der Waals surface area (Å²) in [6.07, 6.45) is 5.72. The number of hydrogen-bond donors (Lipinski definition) is 1. The molecule has 0 bridgehead atoms. The minimum Gasteiger partial charge on any atom is -0.493 e. The van der Waals surface area contributed by atoms with Crippen molar-refractivity contribution >= 4 is 22.4 Å². The highest BCUT2D eigenvalue weighted by Crippen LogP contribution is 2.33. The summed E-state index contributed by atoms with van der Waals surface area (Å²) < 4.78 is 11.9. The van der Waals surface area contributed by atoms with Crippen molar-refractivity contribution in [2.24, 2.45) is 0 Å². The molecular weight excluding hydrogens is 350 g/mol. The fourth-order valence-corrected chi connectivity index (χ4v) is 3.18. The van der Waals surface area contributed by atoms with E-state index in [-0.39, 0.29) is 5.91 Å². The normalized spacial score (nSPS) is 13.3. The van der Waals surface area contributed by atoms with Gasteiger partial charge in [-0.05, 0) is 38.3 Å². The summed E-state index contributed by atoms with van der Waals surface area (Å²) >= 11 is 0. The first-order valence-electron chi connectivity index (χ1n) is 10.7. The van der Waals surface area contributed by atoms with Gasteiger partial charge in [0.05, 0.1) is 6.61 Å². The SMILES string of the molecule is CCCCOc1ccc(NC(=O)[C@@](C)(CCCC)OCCC)c2ccccc12. The Morgan fingerprint density at radius 2 is 1.64 bits per heavy atom. The van der Waals surface area contributed by atoms with E-state index >= 15 is 0 Å². The molecule has 0 saturated heterocycles. The Morgan fingerprint density at radius 1 is 0.929 bits per heavy atom. The maximum atomic E-state index is 13.1. The van der Waals surface area contributed by atoms with E-state index in [1.807, 2.05) is 43.3 Å². The first kappa shape index (κ1) is 22.2. The number of unbranched alkanes of at least 4 members (excludes halogenated alkanes) is 2. The Labute approximate surface area is 169 Å². The summed E-state index contributed by atoms with van der Waals surface area (Å²) in [4.78, 5) is 13.1. The molecule has 1 atom stereocenters. The fourth-order valence-electron chi connectivity index (χ4n) is 3.18. The van der Waals surface area contributed by atoms with Crippen molar-refractivity contribution in [3.63, 3.8) is 0 Å². The summed E-state index contributed by atoms with van der Waals surface area (Å²) in [6.45, 7) is 9.52. The Kier molecular flexibility index (Phi) is 8.78. The van der Waals surface area contributed by atoms with E-state index in [0.717, 1.165) is 54.3 Å². The number of rotatable bonds is 12. The lowest BCUT2D eigenvalue weighted by Gasteiger charge is -2.29. The molecule has 0 fully saturated rings. The maximum absolute atomic E-state index is 13.1. The molecule has 0 unspecified atom stereocenters. The number of amides is 1. The Morgan fingerprint density at radius 3 is 2.32 bits per heavy atom. The van der Waals surface area contributed by atoms with Gasteiger partial charge in [0.2, 0.25) is 0 Å². The number of anilines is 1. The third-order valence-electron chi connectivity index (χ3n) is 5.00. The lowest BCUT2D eigenvalue weighted by atomic mass is 9.97. The number of hydrogen-bond acceptors (Lipinski definition) is 3. The molecule has 154 valence electrons. The third kappa shape index (κ3) is 5.71. The Hall–Kier alpha value is -2.07. The molecule has 2 rings (SSSR count). The molecule has 1 amide bonds. The van der Waals surface area contributed by atoms with Gasteiger partial charge < -0.3 is 14.8 Å². The lowest BCUT2D eigenvalue weighted by Crippen LogP contribution is -2.43. The highest BCUT2D eigenvalue weighted by molar-refractivity contribution is 6.06. The molecule has 4 nitrogen and oxygen atoms in total. The van der Waals surface area contributed by atoms with Crippen molar-refractivity contribution in [1.82, 2.24) is 0 Å². The van der Waals surface area contributed by atoms with Gasteiger partial charge >= 0.3 is 0 Å². The molecule has 0 spiro atoms. The largest absolute Gasteiger partial charge is 0.493 e. The second kappa shape index (κ2) is 11.1. The number of carbonyl (C=O) groups is 1. The number of carbonyl (C=O) groups excluding carboxylic acids is 1. The van der Waals surface area contributed by atoms with Crippen molar-refractivity contribution < 1.29 is 14.3 Å². The Balaban J connectivity index is 2.26. The van der Waals surface area contributed by atoms with Gasteiger partial charge in [-0.3, -0.25) is 4.79 Å². The van der Waals surface area contributed by atoms with E-state index < -0.39 is 5.60 Å². The first-order valence-corrected chi connectivity index (χ1v) is 10.7.